The van der Waals surface area contributed by atoms with Crippen molar-refractivity contribution in [3.8, 4) is 0 Å². The van der Waals surface area contributed by atoms with Crippen LogP contribution in [0.5, 0.6) is 0 Å². The van der Waals surface area contributed by atoms with Crippen LogP contribution in [0.4, 0.5) is 0 Å². The maximum Gasteiger partial charge on any atom is 0.0411 e. The summed E-state index contributed by atoms with van der Waals surface area (Å²) in [6.07, 6.45) is 0. The number of hydrogen-bond donors (Lipinski definition) is 1. The van der Waals surface area contributed by atoms with E-state index in [1.165, 1.54) is 4.88 Å². The molecule has 0 aliphatic carbocycles. The van der Waals surface area contributed by atoms with Crippen molar-refractivity contribution in [1.29, 1.82) is 0 Å². The molecule has 0 bridgehead atoms. The van der Waals surface area contributed by atoms with Crippen molar-refractivity contribution in [1.82, 2.24) is 4.90 Å². The molecule has 0 radical (unpaired) electrons. The van der Waals surface area contributed by atoms with Crippen LogP contribution in [0.3, 0.4) is 0 Å². The average Bonchev–Trinajstić information content (AvgIpc) is 2.51. The van der Waals surface area contributed by atoms with Crippen molar-refractivity contribution in [2.75, 3.05) is 13.6 Å². The summed E-state index contributed by atoms with van der Waals surface area (Å²) in [5, 5.41) is 2.12. The van der Waals surface area contributed by atoms with Crippen molar-refractivity contribution < 1.29 is 0 Å². The van der Waals surface area contributed by atoms with Gasteiger partial charge in [-0.25, -0.2) is 0 Å². The SMILES string of the molecule is CC(c1cccs1)N(C)CC(C)(C)N. The third kappa shape index (κ3) is 3.40. The molecular weight excluding hydrogens is 192 g/mol. The van der Waals surface area contributed by atoms with Gasteiger partial charge < -0.3 is 5.73 Å². The molecule has 3 heteroatoms. The van der Waals surface area contributed by atoms with Gasteiger partial charge in [-0.1, -0.05) is 6.07 Å². The first-order valence-electron chi connectivity index (χ1n) is 4.93. The fourth-order valence-corrected chi connectivity index (χ4v) is 2.37. The fourth-order valence-electron chi connectivity index (χ4n) is 1.53. The van der Waals surface area contributed by atoms with Gasteiger partial charge in [-0.15, -0.1) is 11.3 Å². The minimum atomic E-state index is -0.125. The Morgan fingerprint density at radius 3 is 2.64 bits per heavy atom. The second kappa shape index (κ2) is 4.43. The molecule has 0 spiro atoms. The zero-order valence-corrected chi connectivity index (χ0v) is 10.3. The van der Waals surface area contributed by atoms with Crippen LogP contribution in [0.15, 0.2) is 17.5 Å². The number of nitrogens with zero attached hydrogens (tertiary/aromatic N) is 1. The number of hydrogen-bond acceptors (Lipinski definition) is 3. The Bertz CT molecular complexity index is 261. The van der Waals surface area contributed by atoms with E-state index in [2.05, 4.69) is 50.2 Å². The van der Waals surface area contributed by atoms with Crippen LogP contribution in [-0.2, 0) is 0 Å². The largest absolute Gasteiger partial charge is 0.324 e. The van der Waals surface area contributed by atoms with Crippen LogP contribution >= 0.6 is 11.3 Å². The maximum atomic E-state index is 5.99. The van der Waals surface area contributed by atoms with Gasteiger partial charge in [0.1, 0.15) is 0 Å². The third-order valence-corrected chi connectivity index (χ3v) is 3.32. The standard InChI is InChI=1S/C11H20N2S/c1-9(10-6-5-7-14-10)13(4)8-11(2,3)12/h5-7,9H,8,12H2,1-4H3. The van der Waals surface area contributed by atoms with E-state index in [4.69, 9.17) is 5.73 Å². The number of likely N-dealkylation sites (N-methyl/N-ethyl adjacent to an activating group) is 1. The van der Waals surface area contributed by atoms with Gasteiger partial charge in [0.15, 0.2) is 0 Å². The molecule has 0 aliphatic heterocycles. The van der Waals surface area contributed by atoms with Crippen molar-refractivity contribution >= 4 is 11.3 Å². The summed E-state index contributed by atoms with van der Waals surface area (Å²) in [6, 6.07) is 4.73. The van der Waals surface area contributed by atoms with Gasteiger partial charge in [-0.3, -0.25) is 4.90 Å². The van der Waals surface area contributed by atoms with E-state index in [1.807, 2.05) is 0 Å². The summed E-state index contributed by atoms with van der Waals surface area (Å²) < 4.78 is 0. The second-order valence-electron chi connectivity index (χ2n) is 4.60. The Hall–Kier alpha value is -0.380. The van der Waals surface area contributed by atoms with E-state index in [0.717, 1.165) is 6.54 Å². The molecule has 2 N–H and O–H groups in total. The first-order valence-corrected chi connectivity index (χ1v) is 5.80. The molecule has 80 valence electrons. The number of thiophene rings is 1. The molecule has 1 atom stereocenters. The van der Waals surface area contributed by atoms with Gasteiger partial charge in [-0.2, -0.15) is 0 Å². The van der Waals surface area contributed by atoms with Crippen LogP contribution in [0.2, 0.25) is 0 Å². The smallest absolute Gasteiger partial charge is 0.0411 e. The zero-order valence-electron chi connectivity index (χ0n) is 9.45. The highest BCUT2D eigenvalue weighted by molar-refractivity contribution is 7.10. The highest BCUT2D eigenvalue weighted by atomic mass is 32.1. The summed E-state index contributed by atoms with van der Waals surface area (Å²) in [6.45, 7) is 7.25. The summed E-state index contributed by atoms with van der Waals surface area (Å²) >= 11 is 1.80. The highest BCUT2D eigenvalue weighted by Crippen LogP contribution is 2.23. The van der Waals surface area contributed by atoms with Crippen LogP contribution in [0, 0.1) is 0 Å². The third-order valence-electron chi connectivity index (χ3n) is 2.27. The summed E-state index contributed by atoms with van der Waals surface area (Å²) in [5.74, 6) is 0. The van der Waals surface area contributed by atoms with Crippen molar-refractivity contribution in [3.05, 3.63) is 22.4 Å². The molecule has 0 saturated carbocycles. The lowest BCUT2D eigenvalue weighted by atomic mass is 10.1. The van der Waals surface area contributed by atoms with Gasteiger partial charge in [0.25, 0.3) is 0 Å². The van der Waals surface area contributed by atoms with Crippen LogP contribution in [0.25, 0.3) is 0 Å². The molecule has 1 aromatic rings. The Balaban J connectivity index is 2.57. The predicted octanol–water partition coefficient (Wildman–Crippen LogP) is 2.48. The molecule has 1 aromatic heterocycles. The molecule has 1 heterocycles. The monoisotopic (exact) mass is 212 g/mol. The van der Waals surface area contributed by atoms with Gasteiger partial charge in [-0.05, 0) is 39.3 Å². The van der Waals surface area contributed by atoms with Crippen molar-refractivity contribution in [2.45, 2.75) is 32.4 Å². The highest BCUT2D eigenvalue weighted by Gasteiger charge is 2.19. The molecule has 1 unspecified atom stereocenters. The molecule has 1 rings (SSSR count). The van der Waals surface area contributed by atoms with E-state index in [1.54, 1.807) is 11.3 Å². The molecule has 0 fully saturated rings. The van der Waals surface area contributed by atoms with Gasteiger partial charge in [0.2, 0.25) is 0 Å². The minimum Gasteiger partial charge on any atom is -0.324 e. The lowest BCUT2D eigenvalue weighted by Gasteiger charge is -2.30. The van der Waals surface area contributed by atoms with E-state index >= 15 is 0 Å². The number of rotatable bonds is 4. The fraction of sp³-hybridized carbons (Fsp3) is 0.636. The minimum absolute atomic E-state index is 0.125. The van der Waals surface area contributed by atoms with Gasteiger partial charge >= 0.3 is 0 Å². The van der Waals surface area contributed by atoms with Crippen LogP contribution < -0.4 is 5.73 Å². The molecule has 0 amide bonds. The molecule has 0 aromatic carbocycles. The molecule has 14 heavy (non-hydrogen) atoms. The topological polar surface area (TPSA) is 29.3 Å². The van der Waals surface area contributed by atoms with E-state index in [0.29, 0.717) is 6.04 Å². The van der Waals surface area contributed by atoms with E-state index in [9.17, 15) is 0 Å². The van der Waals surface area contributed by atoms with E-state index in [-0.39, 0.29) is 5.54 Å². The summed E-state index contributed by atoms with van der Waals surface area (Å²) in [4.78, 5) is 3.70. The lowest BCUT2D eigenvalue weighted by Crippen LogP contribution is -2.44. The molecule has 0 aliphatic rings. The van der Waals surface area contributed by atoms with Crippen molar-refractivity contribution in [2.24, 2.45) is 5.73 Å². The first kappa shape index (κ1) is 11.7. The Kier molecular flexibility index (Phi) is 3.70. The molecular formula is C11H20N2S. The second-order valence-corrected chi connectivity index (χ2v) is 5.57. The molecule has 2 nitrogen and oxygen atoms in total. The first-order chi connectivity index (χ1) is 6.40. The quantitative estimate of drug-likeness (QED) is 0.831. The van der Waals surface area contributed by atoms with Gasteiger partial charge in [0.05, 0.1) is 0 Å². The number of nitrogens with two attached hydrogens (primary N) is 1. The summed E-state index contributed by atoms with van der Waals surface area (Å²) in [7, 11) is 2.12. The van der Waals surface area contributed by atoms with Crippen molar-refractivity contribution in [3.63, 3.8) is 0 Å². The summed E-state index contributed by atoms with van der Waals surface area (Å²) in [5.41, 5.74) is 5.86. The normalized spacial score (nSPS) is 14.7. The predicted molar refractivity (Wildman–Crippen MR) is 63.6 cm³/mol. The van der Waals surface area contributed by atoms with Crippen LogP contribution in [-0.4, -0.2) is 24.0 Å². The van der Waals surface area contributed by atoms with E-state index < -0.39 is 0 Å². The average molecular weight is 212 g/mol. The Labute approximate surface area is 90.7 Å². The Morgan fingerprint density at radius 2 is 2.21 bits per heavy atom. The van der Waals surface area contributed by atoms with Gasteiger partial charge in [0, 0.05) is 23.0 Å². The molecule has 0 saturated heterocycles. The lowest BCUT2D eigenvalue weighted by molar-refractivity contribution is 0.218. The van der Waals surface area contributed by atoms with Crippen LogP contribution in [0.1, 0.15) is 31.7 Å². The Morgan fingerprint density at radius 1 is 1.57 bits per heavy atom. The maximum absolute atomic E-state index is 5.99. The zero-order chi connectivity index (χ0) is 10.8.